The molecule has 1 heteroatoms. The van der Waals surface area contributed by atoms with Gasteiger partial charge < -0.3 is 0 Å². The van der Waals surface area contributed by atoms with Gasteiger partial charge in [0.1, 0.15) is 0 Å². The molecule has 1 unspecified atom stereocenters. The Labute approximate surface area is 108 Å². The summed E-state index contributed by atoms with van der Waals surface area (Å²) in [5.74, 6) is 1.81. The van der Waals surface area contributed by atoms with Crippen LogP contribution in [0.4, 0.5) is 0 Å². The second-order valence-electron chi connectivity index (χ2n) is 4.14. The molecule has 0 N–H and O–H groups in total. The van der Waals surface area contributed by atoms with E-state index in [9.17, 15) is 0 Å². The molecule has 2 aromatic carbocycles. The van der Waals surface area contributed by atoms with E-state index in [4.69, 9.17) is 0 Å². The summed E-state index contributed by atoms with van der Waals surface area (Å²) in [5.41, 5.74) is 1.46. The Bertz CT molecular complexity index is 422. The first-order chi connectivity index (χ1) is 8.40. The maximum atomic E-state index is 2.27. The second-order valence-corrected chi connectivity index (χ2v) is 5.23. The molecule has 0 heterocycles. The van der Waals surface area contributed by atoms with E-state index >= 15 is 0 Å². The van der Waals surface area contributed by atoms with E-state index in [1.807, 2.05) is 11.8 Å². The van der Waals surface area contributed by atoms with Crippen molar-refractivity contribution in [3.8, 4) is 0 Å². The van der Waals surface area contributed by atoms with Crippen LogP contribution in [0.15, 0.2) is 65.6 Å². The predicted octanol–water partition coefficient (Wildman–Crippen LogP) is 4.97. The van der Waals surface area contributed by atoms with E-state index in [-0.39, 0.29) is 0 Å². The maximum Gasteiger partial charge on any atom is 0.00721 e. The Morgan fingerprint density at radius 1 is 0.882 bits per heavy atom. The molecular weight excluding hydrogens is 224 g/mol. The van der Waals surface area contributed by atoms with Crippen molar-refractivity contribution in [3.63, 3.8) is 0 Å². The smallest absolute Gasteiger partial charge is 0.00721 e. The van der Waals surface area contributed by atoms with E-state index in [0.717, 1.165) is 5.75 Å². The van der Waals surface area contributed by atoms with Gasteiger partial charge >= 0.3 is 0 Å². The lowest BCUT2D eigenvalue weighted by Gasteiger charge is -2.14. The molecule has 0 aliphatic rings. The lowest BCUT2D eigenvalue weighted by atomic mass is 9.99. The minimum absolute atomic E-state index is 0.654. The zero-order valence-corrected chi connectivity index (χ0v) is 11.0. The molecule has 0 amide bonds. The van der Waals surface area contributed by atoms with Crippen LogP contribution in [0.5, 0.6) is 0 Å². The fourth-order valence-electron chi connectivity index (χ4n) is 1.89. The topological polar surface area (TPSA) is 0 Å². The van der Waals surface area contributed by atoms with Crippen molar-refractivity contribution >= 4 is 11.8 Å². The molecule has 2 aromatic rings. The minimum atomic E-state index is 0.654. The molecule has 0 saturated carbocycles. The summed E-state index contributed by atoms with van der Waals surface area (Å²) in [6, 6.07) is 21.5. The Morgan fingerprint density at radius 3 is 2.06 bits per heavy atom. The van der Waals surface area contributed by atoms with Gasteiger partial charge in [0.05, 0.1) is 0 Å². The lowest BCUT2D eigenvalue weighted by Crippen LogP contribution is -2.00. The Balaban J connectivity index is 1.97. The zero-order chi connectivity index (χ0) is 11.9. The third kappa shape index (κ3) is 3.64. The van der Waals surface area contributed by atoms with E-state index in [2.05, 4.69) is 67.6 Å². The molecule has 0 aromatic heterocycles. The summed E-state index contributed by atoms with van der Waals surface area (Å²) in [4.78, 5) is 1.36. The van der Waals surface area contributed by atoms with Crippen LogP contribution in [0.3, 0.4) is 0 Å². The van der Waals surface area contributed by atoms with Gasteiger partial charge in [0.2, 0.25) is 0 Å². The minimum Gasteiger partial charge on any atom is -0.126 e. The van der Waals surface area contributed by atoms with Crippen LogP contribution in [0, 0.1) is 0 Å². The SMILES string of the molecule is CCC(CSc1ccccc1)c1ccccc1. The predicted molar refractivity (Wildman–Crippen MR) is 76.6 cm³/mol. The van der Waals surface area contributed by atoms with Gasteiger partial charge in [0.25, 0.3) is 0 Å². The van der Waals surface area contributed by atoms with Gasteiger partial charge in [-0.3, -0.25) is 0 Å². The van der Waals surface area contributed by atoms with Crippen LogP contribution in [0.25, 0.3) is 0 Å². The van der Waals surface area contributed by atoms with E-state index in [1.165, 1.54) is 16.9 Å². The molecule has 2 rings (SSSR count). The highest BCUT2D eigenvalue weighted by Crippen LogP contribution is 2.28. The highest BCUT2D eigenvalue weighted by molar-refractivity contribution is 7.99. The molecule has 17 heavy (non-hydrogen) atoms. The van der Waals surface area contributed by atoms with Crippen molar-refractivity contribution in [1.29, 1.82) is 0 Å². The first-order valence-corrected chi connectivity index (χ1v) is 7.11. The molecule has 0 aliphatic carbocycles. The van der Waals surface area contributed by atoms with Gasteiger partial charge in [-0.1, -0.05) is 55.5 Å². The van der Waals surface area contributed by atoms with Crippen molar-refractivity contribution in [2.45, 2.75) is 24.2 Å². The monoisotopic (exact) mass is 242 g/mol. The van der Waals surface area contributed by atoms with Gasteiger partial charge in [0.15, 0.2) is 0 Å². The molecule has 0 fully saturated rings. The van der Waals surface area contributed by atoms with Gasteiger partial charge in [-0.2, -0.15) is 0 Å². The van der Waals surface area contributed by atoms with E-state index < -0.39 is 0 Å². The largest absolute Gasteiger partial charge is 0.126 e. The third-order valence-electron chi connectivity index (χ3n) is 2.96. The maximum absolute atomic E-state index is 2.27. The third-order valence-corrected chi connectivity index (χ3v) is 4.13. The quantitative estimate of drug-likeness (QED) is 0.667. The van der Waals surface area contributed by atoms with Gasteiger partial charge in [-0.15, -0.1) is 11.8 Å². The lowest BCUT2D eigenvalue weighted by molar-refractivity contribution is 0.744. The van der Waals surface area contributed by atoms with Crippen molar-refractivity contribution in [2.75, 3.05) is 5.75 Å². The van der Waals surface area contributed by atoms with Crippen LogP contribution >= 0.6 is 11.8 Å². The molecule has 0 saturated heterocycles. The second kappa shape index (κ2) is 6.51. The van der Waals surface area contributed by atoms with Crippen molar-refractivity contribution in [3.05, 3.63) is 66.2 Å². The molecule has 0 radical (unpaired) electrons. The normalized spacial score (nSPS) is 12.3. The van der Waals surface area contributed by atoms with Crippen LogP contribution in [0.1, 0.15) is 24.8 Å². The first-order valence-electron chi connectivity index (χ1n) is 6.13. The number of hydrogen-bond donors (Lipinski definition) is 0. The van der Waals surface area contributed by atoms with Crippen molar-refractivity contribution in [2.24, 2.45) is 0 Å². The average molecular weight is 242 g/mol. The standard InChI is InChI=1S/C16H18S/c1-2-14(15-9-5-3-6-10-15)13-17-16-11-7-4-8-12-16/h3-12,14H,2,13H2,1H3. The van der Waals surface area contributed by atoms with Crippen molar-refractivity contribution < 1.29 is 0 Å². The fourth-order valence-corrected chi connectivity index (χ4v) is 3.06. The van der Waals surface area contributed by atoms with Crippen LogP contribution in [-0.2, 0) is 0 Å². The molecule has 0 spiro atoms. The van der Waals surface area contributed by atoms with E-state index in [0.29, 0.717) is 5.92 Å². The number of benzene rings is 2. The highest BCUT2D eigenvalue weighted by atomic mass is 32.2. The number of hydrogen-bond acceptors (Lipinski definition) is 1. The zero-order valence-electron chi connectivity index (χ0n) is 10.2. The summed E-state index contributed by atoms with van der Waals surface area (Å²) < 4.78 is 0. The van der Waals surface area contributed by atoms with Crippen molar-refractivity contribution in [1.82, 2.24) is 0 Å². The molecule has 0 aliphatic heterocycles. The highest BCUT2D eigenvalue weighted by Gasteiger charge is 2.08. The molecular formula is C16H18S. The summed E-state index contributed by atoms with van der Waals surface area (Å²) in [6.45, 7) is 2.27. The van der Waals surface area contributed by atoms with Gasteiger partial charge in [0, 0.05) is 10.6 Å². The molecule has 1 atom stereocenters. The number of thioether (sulfide) groups is 1. The summed E-state index contributed by atoms with van der Waals surface area (Å²) >= 11 is 1.95. The van der Waals surface area contributed by atoms with Gasteiger partial charge in [-0.25, -0.2) is 0 Å². The number of rotatable bonds is 5. The van der Waals surface area contributed by atoms with E-state index in [1.54, 1.807) is 0 Å². The fraction of sp³-hybridized carbons (Fsp3) is 0.250. The molecule has 0 nitrogen and oxygen atoms in total. The average Bonchev–Trinajstić information content (AvgIpc) is 2.42. The van der Waals surface area contributed by atoms with Crippen LogP contribution in [0.2, 0.25) is 0 Å². The summed E-state index contributed by atoms with van der Waals surface area (Å²) in [5, 5.41) is 0. The Kier molecular flexibility index (Phi) is 4.69. The molecule has 0 bridgehead atoms. The van der Waals surface area contributed by atoms with Crippen LogP contribution < -0.4 is 0 Å². The molecule has 88 valence electrons. The van der Waals surface area contributed by atoms with Crippen LogP contribution in [-0.4, -0.2) is 5.75 Å². The Morgan fingerprint density at radius 2 is 1.47 bits per heavy atom. The van der Waals surface area contributed by atoms with Gasteiger partial charge in [-0.05, 0) is 30.0 Å². The Hall–Kier alpha value is -1.21. The summed E-state index contributed by atoms with van der Waals surface area (Å²) in [6.07, 6.45) is 1.20. The summed E-state index contributed by atoms with van der Waals surface area (Å²) in [7, 11) is 0. The first kappa shape index (κ1) is 12.3.